The molecule has 0 saturated heterocycles. The number of benzene rings is 3. The molecule has 1 nitrogen and oxygen atoms in total. The average Bonchev–Trinajstić information content (AvgIpc) is 2.65. The van der Waals surface area contributed by atoms with Gasteiger partial charge < -0.3 is 5.32 Å². The highest BCUT2D eigenvalue weighted by Gasteiger charge is 2.07. The summed E-state index contributed by atoms with van der Waals surface area (Å²) >= 11 is 0. The summed E-state index contributed by atoms with van der Waals surface area (Å²) in [7, 11) is 0. The molecule has 25 heavy (non-hydrogen) atoms. The molecule has 3 rings (SSSR count). The van der Waals surface area contributed by atoms with E-state index in [0.717, 1.165) is 0 Å². The second kappa shape index (κ2) is 8.28. The molecule has 0 fully saturated rings. The first-order chi connectivity index (χ1) is 12.3. The SMILES string of the molecule is CC(NC/C=C/C#Cc1ccccc1F)c1cccc2ccccc12. The number of nitrogens with one attached hydrogen (secondary N) is 1. The Kier molecular flexibility index (Phi) is 5.61. The van der Waals surface area contributed by atoms with E-state index in [-0.39, 0.29) is 11.9 Å². The minimum atomic E-state index is -0.286. The lowest BCUT2D eigenvalue weighted by Gasteiger charge is -2.15. The van der Waals surface area contributed by atoms with Crippen molar-refractivity contribution >= 4 is 10.8 Å². The van der Waals surface area contributed by atoms with Gasteiger partial charge in [-0.3, -0.25) is 0 Å². The molecule has 1 unspecified atom stereocenters. The van der Waals surface area contributed by atoms with Crippen LogP contribution < -0.4 is 5.32 Å². The van der Waals surface area contributed by atoms with Gasteiger partial charge in [0, 0.05) is 12.6 Å². The normalized spacial score (nSPS) is 12.1. The average molecular weight is 329 g/mol. The van der Waals surface area contributed by atoms with Gasteiger partial charge in [-0.1, -0.05) is 72.5 Å². The van der Waals surface area contributed by atoms with Crippen LogP contribution in [0.1, 0.15) is 24.1 Å². The van der Waals surface area contributed by atoms with Crippen molar-refractivity contribution < 1.29 is 4.39 Å². The molecule has 0 spiro atoms. The maximum Gasteiger partial charge on any atom is 0.138 e. The summed E-state index contributed by atoms with van der Waals surface area (Å²) in [5.74, 6) is 5.41. The van der Waals surface area contributed by atoms with Crippen LogP contribution in [0.25, 0.3) is 10.8 Å². The van der Waals surface area contributed by atoms with Gasteiger partial charge in [0.2, 0.25) is 0 Å². The van der Waals surface area contributed by atoms with Gasteiger partial charge in [-0.15, -0.1) is 0 Å². The Balaban J connectivity index is 1.60. The maximum absolute atomic E-state index is 13.4. The standard InChI is InChI=1S/C23H20FN/c1-18(21-15-9-13-19-10-4-6-14-22(19)21)25-17-8-2-3-11-20-12-5-7-16-23(20)24/h2,4-10,12-16,18,25H,17H2,1H3/b8-2+. The van der Waals surface area contributed by atoms with Crippen LogP contribution in [0.3, 0.4) is 0 Å². The van der Waals surface area contributed by atoms with Crippen molar-refractivity contribution in [1.82, 2.24) is 5.32 Å². The highest BCUT2D eigenvalue weighted by atomic mass is 19.1. The number of hydrogen-bond acceptors (Lipinski definition) is 1. The zero-order valence-electron chi connectivity index (χ0n) is 14.2. The Morgan fingerprint density at radius 3 is 2.64 bits per heavy atom. The van der Waals surface area contributed by atoms with Crippen LogP contribution in [0, 0.1) is 17.7 Å². The van der Waals surface area contributed by atoms with Crippen LogP contribution in [-0.2, 0) is 0 Å². The van der Waals surface area contributed by atoms with Crippen molar-refractivity contribution in [1.29, 1.82) is 0 Å². The number of allylic oxidation sites excluding steroid dienone is 1. The van der Waals surface area contributed by atoms with Gasteiger partial charge in [0.15, 0.2) is 0 Å². The Morgan fingerprint density at radius 1 is 1.00 bits per heavy atom. The molecule has 0 aliphatic heterocycles. The van der Waals surface area contributed by atoms with Gasteiger partial charge in [-0.05, 0) is 41.5 Å². The van der Waals surface area contributed by atoms with Crippen molar-refractivity contribution in [2.24, 2.45) is 0 Å². The van der Waals surface area contributed by atoms with Gasteiger partial charge >= 0.3 is 0 Å². The number of hydrogen-bond donors (Lipinski definition) is 1. The third-order valence-electron chi connectivity index (χ3n) is 4.11. The van der Waals surface area contributed by atoms with Crippen molar-refractivity contribution in [2.45, 2.75) is 13.0 Å². The summed E-state index contributed by atoms with van der Waals surface area (Å²) < 4.78 is 13.4. The Morgan fingerprint density at radius 2 is 1.76 bits per heavy atom. The van der Waals surface area contributed by atoms with E-state index in [2.05, 4.69) is 66.5 Å². The molecule has 2 heteroatoms. The monoisotopic (exact) mass is 329 g/mol. The first-order valence-corrected chi connectivity index (χ1v) is 8.38. The second-order valence-electron chi connectivity index (χ2n) is 5.85. The van der Waals surface area contributed by atoms with Crippen LogP contribution in [-0.4, -0.2) is 6.54 Å². The quantitative estimate of drug-likeness (QED) is 0.646. The minimum absolute atomic E-state index is 0.232. The zero-order valence-corrected chi connectivity index (χ0v) is 14.2. The Labute approximate surface area is 148 Å². The number of fused-ring (bicyclic) bond motifs is 1. The van der Waals surface area contributed by atoms with Crippen LogP contribution in [0.2, 0.25) is 0 Å². The fraction of sp³-hybridized carbons (Fsp3) is 0.130. The first kappa shape index (κ1) is 17.0. The third-order valence-corrected chi connectivity index (χ3v) is 4.11. The van der Waals surface area contributed by atoms with Gasteiger partial charge in [-0.25, -0.2) is 4.39 Å². The number of rotatable bonds is 4. The first-order valence-electron chi connectivity index (χ1n) is 8.38. The highest BCUT2D eigenvalue weighted by Crippen LogP contribution is 2.23. The smallest absolute Gasteiger partial charge is 0.138 e. The van der Waals surface area contributed by atoms with Crippen LogP contribution in [0.5, 0.6) is 0 Å². The van der Waals surface area contributed by atoms with E-state index in [4.69, 9.17) is 0 Å². The molecule has 1 N–H and O–H groups in total. The summed E-state index contributed by atoms with van der Waals surface area (Å²) in [6, 6.07) is 21.5. The molecule has 0 amide bonds. The van der Waals surface area contributed by atoms with Crippen molar-refractivity contribution in [2.75, 3.05) is 6.54 Å². The number of halogens is 1. The predicted octanol–water partition coefficient (Wildman–Crippen LogP) is 5.24. The third kappa shape index (κ3) is 4.35. The van der Waals surface area contributed by atoms with E-state index in [1.807, 2.05) is 6.08 Å². The van der Waals surface area contributed by atoms with Crippen LogP contribution in [0.15, 0.2) is 78.9 Å². The fourth-order valence-electron chi connectivity index (χ4n) is 2.78. The molecule has 0 radical (unpaired) electrons. The molecule has 0 bridgehead atoms. The van der Waals surface area contributed by atoms with Crippen LogP contribution in [0.4, 0.5) is 4.39 Å². The summed E-state index contributed by atoms with van der Waals surface area (Å²) in [4.78, 5) is 0. The van der Waals surface area contributed by atoms with E-state index in [1.54, 1.807) is 24.3 Å². The van der Waals surface area contributed by atoms with Gasteiger partial charge in [-0.2, -0.15) is 0 Å². The van der Waals surface area contributed by atoms with Gasteiger partial charge in [0.05, 0.1) is 5.56 Å². The molecule has 124 valence electrons. The van der Waals surface area contributed by atoms with Gasteiger partial charge in [0.1, 0.15) is 5.82 Å². The maximum atomic E-state index is 13.4. The van der Waals surface area contributed by atoms with Crippen molar-refractivity contribution in [3.05, 3.63) is 95.8 Å². The topological polar surface area (TPSA) is 12.0 Å². The molecule has 3 aromatic carbocycles. The zero-order chi connectivity index (χ0) is 17.5. The van der Waals surface area contributed by atoms with E-state index in [0.29, 0.717) is 12.1 Å². The lowest BCUT2D eigenvalue weighted by atomic mass is 10.00. The predicted molar refractivity (Wildman–Crippen MR) is 103 cm³/mol. The van der Waals surface area contributed by atoms with E-state index in [9.17, 15) is 4.39 Å². The molecule has 0 aromatic heterocycles. The molecule has 0 aliphatic carbocycles. The summed E-state index contributed by atoms with van der Waals surface area (Å²) in [6.45, 7) is 2.86. The molecule has 1 atom stereocenters. The fourth-order valence-corrected chi connectivity index (χ4v) is 2.78. The highest BCUT2D eigenvalue weighted by molar-refractivity contribution is 5.86. The summed E-state index contributed by atoms with van der Waals surface area (Å²) in [5, 5.41) is 5.99. The Bertz CT molecular complexity index is 941. The Hall–Kier alpha value is -2.89. The molecular formula is C23H20FN. The molecule has 0 aliphatic rings. The second-order valence-corrected chi connectivity index (χ2v) is 5.85. The molecule has 0 heterocycles. The summed E-state index contributed by atoms with van der Waals surface area (Å²) in [5.41, 5.74) is 1.70. The van der Waals surface area contributed by atoms with E-state index < -0.39 is 0 Å². The lowest BCUT2D eigenvalue weighted by Crippen LogP contribution is -2.18. The van der Waals surface area contributed by atoms with E-state index >= 15 is 0 Å². The summed E-state index contributed by atoms with van der Waals surface area (Å²) in [6.07, 6.45) is 3.71. The van der Waals surface area contributed by atoms with Crippen molar-refractivity contribution in [3.8, 4) is 11.8 Å². The lowest BCUT2D eigenvalue weighted by molar-refractivity contribution is 0.621. The van der Waals surface area contributed by atoms with Crippen molar-refractivity contribution in [3.63, 3.8) is 0 Å². The van der Waals surface area contributed by atoms with Gasteiger partial charge in [0.25, 0.3) is 0 Å². The van der Waals surface area contributed by atoms with Crippen LogP contribution >= 0.6 is 0 Å². The molecule has 0 saturated carbocycles. The molecule has 3 aromatic rings. The molecular weight excluding hydrogens is 309 g/mol. The largest absolute Gasteiger partial charge is 0.307 e. The van der Waals surface area contributed by atoms with E-state index in [1.165, 1.54) is 22.4 Å². The minimum Gasteiger partial charge on any atom is -0.307 e.